The van der Waals surface area contributed by atoms with Gasteiger partial charge in [0.25, 0.3) is 0 Å². The highest BCUT2D eigenvalue weighted by atomic mass is 32.2. The van der Waals surface area contributed by atoms with Crippen LogP contribution in [-0.2, 0) is 19.6 Å². The lowest BCUT2D eigenvalue weighted by atomic mass is 10.2. The predicted molar refractivity (Wildman–Crippen MR) is 74.4 cm³/mol. The Morgan fingerprint density at radius 3 is 2.43 bits per heavy atom. The first-order valence-corrected chi connectivity index (χ1v) is 7.56. The van der Waals surface area contributed by atoms with Crippen molar-refractivity contribution in [3.63, 3.8) is 0 Å². The van der Waals surface area contributed by atoms with Crippen LogP contribution in [0.25, 0.3) is 0 Å². The van der Waals surface area contributed by atoms with E-state index in [1.165, 1.54) is 31.4 Å². The Kier molecular flexibility index (Phi) is 5.45. The lowest BCUT2D eigenvalue weighted by Crippen LogP contribution is -2.40. The second-order valence-electron chi connectivity index (χ2n) is 4.56. The van der Waals surface area contributed by atoms with Crippen molar-refractivity contribution in [2.24, 2.45) is 0 Å². The number of ether oxygens (including phenoxy) is 1. The molecule has 0 fully saturated rings. The van der Waals surface area contributed by atoms with E-state index >= 15 is 0 Å². The summed E-state index contributed by atoms with van der Waals surface area (Å²) < 4.78 is 30.4. The molecule has 7 nitrogen and oxygen atoms in total. The van der Waals surface area contributed by atoms with Gasteiger partial charge in [0, 0.05) is 6.04 Å². The molecule has 8 heteroatoms. The van der Waals surface area contributed by atoms with Crippen molar-refractivity contribution in [3.05, 3.63) is 29.8 Å². The summed E-state index contributed by atoms with van der Waals surface area (Å²) in [6.45, 7) is 2.50. The van der Waals surface area contributed by atoms with Crippen molar-refractivity contribution >= 4 is 22.0 Å². The first kappa shape index (κ1) is 17.1. The number of hydrogen-bond acceptors (Lipinski definition) is 5. The van der Waals surface area contributed by atoms with Crippen molar-refractivity contribution in [1.82, 2.24) is 4.31 Å². The first-order valence-electron chi connectivity index (χ1n) is 6.12. The van der Waals surface area contributed by atoms with Gasteiger partial charge >= 0.3 is 11.9 Å². The number of methoxy groups -OCH3 is 1. The minimum absolute atomic E-state index is 0.0811. The van der Waals surface area contributed by atoms with E-state index in [1.807, 2.05) is 0 Å². The highest BCUT2D eigenvalue weighted by Gasteiger charge is 2.29. The second-order valence-corrected chi connectivity index (χ2v) is 6.45. The summed E-state index contributed by atoms with van der Waals surface area (Å²) in [5.74, 6) is -1.92. The van der Waals surface area contributed by atoms with Gasteiger partial charge in [-0.1, -0.05) is 6.07 Å². The van der Waals surface area contributed by atoms with Crippen LogP contribution < -0.4 is 0 Å². The largest absolute Gasteiger partial charge is 0.480 e. The number of nitrogens with zero attached hydrogens (tertiary/aromatic N) is 1. The van der Waals surface area contributed by atoms with E-state index < -0.39 is 34.5 Å². The van der Waals surface area contributed by atoms with Crippen LogP contribution >= 0.6 is 0 Å². The molecule has 0 radical (unpaired) electrons. The summed E-state index contributed by atoms with van der Waals surface area (Å²) in [6, 6.07) is 4.75. The molecule has 1 rings (SSSR count). The van der Waals surface area contributed by atoms with Gasteiger partial charge in [-0.3, -0.25) is 4.79 Å². The average molecular weight is 315 g/mol. The van der Waals surface area contributed by atoms with Crippen LogP contribution in [0.4, 0.5) is 0 Å². The highest BCUT2D eigenvalue weighted by Crippen LogP contribution is 2.19. The number of hydrogen-bond donors (Lipinski definition) is 1. The Morgan fingerprint density at radius 2 is 1.95 bits per heavy atom. The van der Waals surface area contributed by atoms with Crippen LogP contribution in [0.1, 0.15) is 24.2 Å². The van der Waals surface area contributed by atoms with Crippen LogP contribution in [0.2, 0.25) is 0 Å². The topological polar surface area (TPSA) is 101 Å². The van der Waals surface area contributed by atoms with Crippen molar-refractivity contribution in [3.8, 4) is 0 Å². The fourth-order valence-electron chi connectivity index (χ4n) is 1.72. The van der Waals surface area contributed by atoms with Crippen LogP contribution in [0.3, 0.4) is 0 Å². The molecule has 0 amide bonds. The molecule has 0 aliphatic heterocycles. The molecule has 0 saturated heterocycles. The van der Waals surface area contributed by atoms with Crippen LogP contribution in [-0.4, -0.2) is 49.5 Å². The van der Waals surface area contributed by atoms with Crippen molar-refractivity contribution in [2.45, 2.75) is 24.8 Å². The maximum Gasteiger partial charge on any atom is 0.337 e. The van der Waals surface area contributed by atoms with Gasteiger partial charge in [-0.15, -0.1) is 0 Å². The number of carboxylic acid groups (broad SMARTS) is 1. The summed E-state index contributed by atoms with van der Waals surface area (Å²) in [5.41, 5.74) is 0.0811. The summed E-state index contributed by atoms with van der Waals surface area (Å²) in [6.07, 6.45) is 0. The average Bonchev–Trinajstić information content (AvgIpc) is 2.43. The standard InChI is InChI=1S/C13H17NO6S/c1-9(2)14(8-12(15)16)21(18,19)11-6-4-5-10(7-11)13(17)20-3/h4-7,9H,8H2,1-3H3,(H,15,16). The van der Waals surface area contributed by atoms with E-state index in [1.54, 1.807) is 13.8 Å². The smallest absolute Gasteiger partial charge is 0.337 e. The number of carboxylic acids is 1. The minimum atomic E-state index is -4.01. The molecule has 0 aliphatic carbocycles. The minimum Gasteiger partial charge on any atom is -0.480 e. The Labute approximate surface area is 123 Å². The van der Waals surface area contributed by atoms with Gasteiger partial charge in [-0.2, -0.15) is 4.31 Å². The molecule has 21 heavy (non-hydrogen) atoms. The molecule has 0 atom stereocenters. The van der Waals surface area contributed by atoms with Gasteiger partial charge in [-0.25, -0.2) is 13.2 Å². The Morgan fingerprint density at radius 1 is 1.33 bits per heavy atom. The molecule has 0 aliphatic rings. The monoisotopic (exact) mass is 315 g/mol. The van der Waals surface area contributed by atoms with Crippen molar-refractivity contribution in [2.75, 3.05) is 13.7 Å². The molecular weight excluding hydrogens is 298 g/mol. The zero-order valence-electron chi connectivity index (χ0n) is 11.9. The van der Waals surface area contributed by atoms with E-state index in [-0.39, 0.29) is 10.5 Å². The molecule has 1 aromatic rings. The quantitative estimate of drug-likeness (QED) is 0.785. The molecule has 1 aromatic carbocycles. The zero-order valence-corrected chi connectivity index (χ0v) is 12.8. The van der Waals surface area contributed by atoms with Crippen molar-refractivity contribution in [1.29, 1.82) is 0 Å². The number of carbonyl (C=O) groups excluding carboxylic acids is 1. The SMILES string of the molecule is COC(=O)c1cccc(S(=O)(=O)N(CC(=O)O)C(C)C)c1. The number of esters is 1. The van der Waals surface area contributed by atoms with E-state index in [9.17, 15) is 18.0 Å². The first-order chi connectivity index (χ1) is 9.70. The highest BCUT2D eigenvalue weighted by molar-refractivity contribution is 7.89. The third-order valence-corrected chi connectivity index (χ3v) is 4.75. The molecule has 116 valence electrons. The molecule has 0 spiro atoms. The summed E-state index contributed by atoms with van der Waals surface area (Å²) in [5, 5.41) is 8.84. The van der Waals surface area contributed by atoms with Crippen LogP contribution in [0, 0.1) is 0 Å². The summed E-state index contributed by atoms with van der Waals surface area (Å²) >= 11 is 0. The Balaban J connectivity index is 3.28. The molecule has 0 aromatic heterocycles. The fourth-order valence-corrected chi connectivity index (χ4v) is 3.35. The van der Waals surface area contributed by atoms with Crippen LogP contribution in [0.5, 0.6) is 0 Å². The van der Waals surface area contributed by atoms with E-state index in [2.05, 4.69) is 4.74 Å². The van der Waals surface area contributed by atoms with Gasteiger partial charge < -0.3 is 9.84 Å². The number of benzene rings is 1. The molecule has 0 bridgehead atoms. The number of aliphatic carboxylic acids is 1. The van der Waals surface area contributed by atoms with E-state index in [0.29, 0.717) is 0 Å². The maximum absolute atomic E-state index is 12.5. The van der Waals surface area contributed by atoms with Crippen molar-refractivity contribution < 1.29 is 27.9 Å². The zero-order chi connectivity index (χ0) is 16.2. The normalized spacial score (nSPS) is 11.7. The number of carbonyl (C=O) groups is 2. The Hall–Kier alpha value is -1.93. The van der Waals surface area contributed by atoms with Gasteiger partial charge in [0.15, 0.2) is 0 Å². The summed E-state index contributed by atoms with van der Waals surface area (Å²) in [7, 11) is -2.83. The number of rotatable bonds is 6. The Bertz CT molecular complexity index is 638. The molecular formula is C13H17NO6S. The molecule has 0 saturated carbocycles. The van der Waals surface area contributed by atoms with Crippen LogP contribution in [0.15, 0.2) is 29.2 Å². The van der Waals surface area contributed by atoms with Gasteiger partial charge in [0.2, 0.25) is 10.0 Å². The third-order valence-electron chi connectivity index (χ3n) is 2.73. The lowest BCUT2D eigenvalue weighted by molar-refractivity contribution is -0.137. The predicted octanol–water partition coefficient (Wildman–Crippen LogP) is 0.957. The van der Waals surface area contributed by atoms with E-state index in [4.69, 9.17) is 5.11 Å². The second kappa shape index (κ2) is 6.68. The van der Waals surface area contributed by atoms with Gasteiger partial charge in [-0.05, 0) is 32.0 Å². The molecule has 0 unspecified atom stereocenters. The van der Waals surface area contributed by atoms with Gasteiger partial charge in [0.05, 0.1) is 17.6 Å². The fraction of sp³-hybridized carbons (Fsp3) is 0.385. The maximum atomic E-state index is 12.5. The van der Waals surface area contributed by atoms with E-state index in [0.717, 1.165) is 4.31 Å². The molecule has 1 N–H and O–H groups in total. The lowest BCUT2D eigenvalue weighted by Gasteiger charge is -2.24. The molecule has 0 heterocycles. The van der Waals surface area contributed by atoms with Gasteiger partial charge in [0.1, 0.15) is 6.54 Å². The third kappa shape index (κ3) is 4.02. The number of sulfonamides is 1. The summed E-state index contributed by atoms with van der Waals surface area (Å²) in [4.78, 5) is 22.1.